The largest absolute Gasteiger partial charge is 0.508 e. The third-order valence-electron chi connectivity index (χ3n) is 5.53. The standard InChI is InChI=1S/C17H23NO2.ClH/c1-2-17-7-8-18(10-12-3-4-12)11-16(17)20-15-6-5-13(19)9-14(15)17;/h5-6,9,12,16,19H,2-4,7-8,10-11H2,1H3;1H/t16-,17-;/m0./s1. The molecule has 4 heteroatoms. The molecule has 1 saturated carbocycles. The van der Waals surface area contributed by atoms with E-state index < -0.39 is 0 Å². The molecule has 0 bridgehead atoms. The normalized spacial score (nSPS) is 31.0. The second kappa shape index (κ2) is 5.36. The Morgan fingerprint density at radius 2 is 2.19 bits per heavy atom. The van der Waals surface area contributed by atoms with Gasteiger partial charge in [-0.2, -0.15) is 0 Å². The average Bonchev–Trinajstić information content (AvgIpc) is 3.20. The van der Waals surface area contributed by atoms with Crippen molar-refractivity contribution < 1.29 is 9.84 Å². The molecule has 2 fully saturated rings. The molecule has 116 valence electrons. The average molecular weight is 310 g/mol. The zero-order valence-electron chi connectivity index (χ0n) is 12.5. The van der Waals surface area contributed by atoms with Crippen LogP contribution in [0, 0.1) is 5.92 Å². The van der Waals surface area contributed by atoms with Gasteiger partial charge in [-0.15, -0.1) is 12.4 Å². The van der Waals surface area contributed by atoms with Crippen molar-refractivity contribution >= 4 is 12.4 Å². The zero-order chi connectivity index (χ0) is 13.7. The predicted octanol–water partition coefficient (Wildman–Crippen LogP) is 3.34. The molecule has 0 radical (unpaired) electrons. The molecule has 0 amide bonds. The number of aromatic hydroxyl groups is 1. The molecule has 3 nitrogen and oxygen atoms in total. The van der Waals surface area contributed by atoms with Crippen molar-refractivity contribution in [1.82, 2.24) is 4.90 Å². The number of phenols is 1. The fourth-order valence-electron chi connectivity index (χ4n) is 4.07. The summed E-state index contributed by atoms with van der Waals surface area (Å²) in [4.78, 5) is 2.59. The van der Waals surface area contributed by atoms with Crippen LogP contribution in [0.15, 0.2) is 18.2 Å². The van der Waals surface area contributed by atoms with Crippen LogP contribution in [0.1, 0.15) is 38.2 Å². The Kier molecular flexibility index (Phi) is 3.83. The molecule has 1 saturated heterocycles. The highest BCUT2D eigenvalue weighted by Gasteiger charge is 2.50. The van der Waals surface area contributed by atoms with Crippen LogP contribution in [0.4, 0.5) is 0 Å². The third-order valence-corrected chi connectivity index (χ3v) is 5.53. The van der Waals surface area contributed by atoms with Crippen molar-refractivity contribution in [3.8, 4) is 11.5 Å². The lowest BCUT2D eigenvalue weighted by atomic mass is 9.70. The maximum Gasteiger partial charge on any atom is 0.124 e. The van der Waals surface area contributed by atoms with Crippen LogP contribution in [0.5, 0.6) is 11.5 Å². The van der Waals surface area contributed by atoms with Gasteiger partial charge in [0.1, 0.15) is 17.6 Å². The number of halogens is 1. The van der Waals surface area contributed by atoms with Crippen LogP contribution in [0.3, 0.4) is 0 Å². The molecule has 1 N–H and O–H groups in total. The third kappa shape index (κ3) is 2.40. The van der Waals surface area contributed by atoms with E-state index in [0.717, 1.165) is 31.1 Å². The number of nitrogens with zero attached hydrogens (tertiary/aromatic N) is 1. The number of benzene rings is 1. The molecule has 2 aliphatic heterocycles. The molecule has 1 aromatic rings. The summed E-state index contributed by atoms with van der Waals surface area (Å²) in [7, 11) is 0. The smallest absolute Gasteiger partial charge is 0.124 e. The molecule has 2 heterocycles. The molecule has 21 heavy (non-hydrogen) atoms. The van der Waals surface area contributed by atoms with Crippen LogP contribution in [-0.4, -0.2) is 35.7 Å². The molecule has 2 atom stereocenters. The first kappa shape index (κ1) is 15.0. The number of hydrogen-bond acceptors (Lipinski definition) is 3. The number of piperidine rings is 1. The minimum Gasteiger partial charge on any atom is -0.508 e. The first-order chi connectivity index (χ1) is 9.71. The summed E-state index contributed by atoms with van der Waals surface area (Å²) in [5, 5.41) is 9.81. The van der Waals surface area contributed by atoms with Crippen molar-refractivity contribution in [2.75, 3.05) is 19.6 Å². The number of ether oxygens (including phenoxy) is 1. The Morgan fingerprint density at radius 1 is 1.38 bits per heavy atom. The van der Waals surface area contributed by atoms with Crippen LogP contribution in [0.25, 0.3) is 0 Å². The van der Waals surface area contributed by atoms with Crippen molar-refractivity contribution in [2.24, 2.45) is 5.92 Å². The van der Waals surface area contributed by atoms with Gasteiger partial charge in [-0.05, 0) is 56.3 Å². The van der Waals surface area contributed by atoms with E-state index in [9.17, 15) is 5.11 Å². The maximum absolute atomic E-state index is 9.81. The summed E-state index contributed by atoms with van der Waals surface area (Å²) in [5.74, 6) is 2.29. The van der Waals surface area contributed by atoms with Gasteiger partial charge in [0.05, 0.1) is 0 Å². The Bertz CT molecular complexity index is 532. The number of likely N-dealkylation sites (tertiary alicyclic amines) is 1. The van der Waals surface area contributed by atoms with Gasteiger partial charge < -0.3 is 9.84 Å². The second-order valence-corrected chi connectivity index (χ2v) is 6.75. The summed E-state index contributed by atoms with van der Waals surface area (Å²) in [5.41, 5.74) is 1.35. The van der Waals surface area contributed by atoms with Gasteiger partial charge in [-0.1, -0.05) is 6.92 Å². The molecule has 1 aliphatic carbocycles. The van der Waals surface area contributed by atoms with Gasteiger partial charge in [0.15, 0.2) is 0 Å². The Hall–Kier alpha value is -0.930. The van der Waals surface area contributed by atoms with E-state index >= 15 is 0 Å². The van der Waals surface area contributed by atoms with E-state index in [-0.39, 0.29) is 23.9 Å². The molecule has 1 aromatic carbocycles. The molecule has 0 spiro atoms. The minimum atomic E-state index is 0. The van der Waals surface area contributed by atoms with E-state index in [1.54, 1.807) is 6.07 Å². The fourth-order valence-corrected chi connectivity index (χ4v) is 4.07. The minimum absolute atomic E-state index is 0. The second-order valence-electron chi connectivity index (χ2n) is 6.75. The summed E-state index contributed by atoms with van der Waals surface area (Å²) < 4.78 is 6.24. The molecule has 4 rings (SSSR count). The highest BCUT2D eigenvalue weighted by Crippen LogP contribution is 2.50. The lowest BCUT2D eigenvalue weighted by Crippen LogP contribution is -2.53. The number of phenolic OH excluding ortho intramolecular Hbond substituents is 1. The maximum atomic E-state index is 9.81. The van der Waals surface area contributed by atoms with Gasteiger partial charge >= 0.3 is 0 Å². The van der Waals surface area contributed by atoms with Crippen LogP contribution >= 0.6 is 12.4 Å². The molecule has 3 aliphatic rings. The SMILES string of the molecule is CC[C@@]12CCN(CC3CC3)C[C@@H]1Oc1ccc(O)cc12.Cl. The fraction of sp³-hybridized carbons (Fsp3) is 0.647. The van der Waals surface area contributed by atoms with Crippen molar-refractivity contribution in [3.05, 3.63) is 23.8 Å². The van der Waals surface area contributed by atoms with Gasteiger partial charge in [-0.3, -0.25) is 4.90 Å². The van der Waals surface area contributed by atoms with Gasteiger partial charge in [-0.25, -0.2) is 0 Å². The summed E-state index contributed by atoms with van der Waals surface area (Å²) >= 11 is 0. The van der Waals surface area contributed by atoms with Gasteiger partial charge in [0.2, 0.25) is 0 Å². The summed E-state index contributed by atoms with van der Waals surface area (Å²) in [6.45, 7) is 5.71. The monoisotopic (exact) mass is 309 g/mol. The lowest BCUT2D eigenvalue weighted by Gasteiger charge is -2.42. The van der Waals surface area contributed by atoms with E-state index in [0.29, 0.717) is 5.75 Å². The van der Waals surface area contributed by atoms with Crippen LogP contribution < -0.4 is 4.74 Å². The quantitative estimate of drug-likeness (QED) is 0.929. The summed E-state index contributed by atoms with van der Waals surface area (Å²) in [6, 6.07) is 5.60. The van der Waals surface area contributed by atoms with Crippen LogP contribution in [0.2, 0.25) is 0 Å². The highest BCUT2D eigenvalue weighted by atomic mass is 35.5. The molecular formula is C17H24ClNO2. The topological polar surface area (TPSA) is 32.7 Å². The van der Waals surface area contributed by atoms with Gasteiger partial charge in [0.25, 0.3) is 0 Å². The predicted molar refractivity (Wildman–Crippen MR) is 85.5 cm³/mol. The first-order valence-electron chi connectivity index (χ1n) is 7.94. The Balaban J connectivity index is 0.00000132. The number of fused-ring (bicyclic) bond motifs is 3. The van der Waals surface area contributed by atoms with E-state index in [2.05, 4.69) is 11.8 Å². The Morgan fingerprint density at radius 3 is 2.90 bits per heavy atom. The number of hydrogen-bond donors (Lipinski definition) is 1. The van der Waals surface area contributed by atoms with Gasteiger partial charge in [0, 0.05) is 24.1 Å². The number of rotatable bonds is 3. The van der Waals surface area contributed by atoms with Crippen molar-refractivity contribution in [3.63, 3.8) is 0 Å². The van der Waals surface area contributed by atoms with Crippen molar-refractivity contribution in [1.29, 1.82) is 0 Å². The summed E-state index contributed by atoms with van der Waals surface area (Å²) in [6.07, 6.45) is 5.32. The van der Waals surface area contributed by atoms with Crippen molar-refractivity contribution in [2.45, 2.75) is 44.1 Å². The Labute approximate surface area is 132 Å². The molecular weight excluding hydrogens is 286 g/mol. The first-order valence-corrected chi connectivity index (χ1v) is 7.94. The van der Waals surface area contributed by atoms with E-state index in [1.165, 1.54) is 31.5 Å². The highest BCUT2D eigenvalue weighted by molar-refractivity contribution is 5.85. The molecule has 0 aromatic heterocycles. The van der Waals surface area contributed by atoms with E-state index in [4.69, 9.17) is 4.74 Å². The zero-order valence-corrected chi connectivity index (χ0v) is 13.4. The van der Waals surface area contributed by atoms with Crippen LogP contribution in [-0.2, 0) is 5.41 Å². The lowest BCUT2D eigenvalue weighted by molar-refractivity contribution is 0.0384. The van der Waals surface area contributed by atoms with E-state index in [1.807, 2.05) is 12.1 Å². The molecule has 0 unspecified atom stereocenters.